The summed E-state index contributed by atoms with van der Waals surface area (Å²) in [6.45, 7) is 0. The van der Waals surface area contributed by atoms with Gasteiger partial charge >= 0.3 is 0 Å². The van der Waals surface area contributed by atoms with E-state index in [1.165, 1.54) is 11.8 Å². The molecule has 0 fully saturated rings. The van der Waals surface area contributed by atoms with Crippen LogP contribution in [0.1, 0.15) is 0 Å². The van der Waals surface area contributed by atoms with Crippen LogP contribution in [0.15, 0.2) is 45.9 Å². The number of rotatable bonds is 3. The van der Waals surface area contributed by atoms with Gasteiger partial charge in [0, 0.05) is 11.6 Å². The minimum absolute atomic E-state index is 0.390. The van der Waals surface area contributed by atoms with Gasteiger partial charge in [-0.3, -0.25) is 0 Å². The summed E-state index contributed by atoms with van der Waals surface area (Å²) in [6, 6.07) is 13.6. The molecule has 0 saturated heterocycles. The first-order valence-corrected chi connectivity index (χ1v) is 5.40. The number of nitrogens with zero attached hydrogens (tertiary/aromatic N) is 2. The van der Waals surface area contributed by atoms with E-state index in [4.69, 9.17) is 9.78 Å². The van der Waals surface area contributed by atoms with Gasteiger partial charge in [0.05, 0.1) is 11.8 Å². The fourth-order valence-electron chi connectivity index (χ4n) is 1.17. The fourth-order valence-corrected chi connectivity index (χ4v) is 1.66. The van der Waals surface area contributed by atoms with E-state index < -0.39 is 0 Å². The molecule has 0 N–H and O–H groups in total. The molecule has 0 aliphatic carbocycles. The largest absolute Gasteiger partial charge is 0.355 e. The summed E-state index contributed by atoms with van der Waals surface area (Å²) < 4.78 is 5.17. The Morgan fingerprint density at radius 1 is 1.33 bits per heavy atom. The third-order valence-electron chi connectivity index (χ3n) is 1.83. The van der Waals surface area contributed by atoms with Crippen molar-refractivity contribution < 1.29 is 4.52 Å². The number of nitriles is 1. The van der Waals surface area contributed by atoms with Crippen molar-refractivity contribution >= 4 is 11.8 Å². The summed E-state index contributed by atoms with van der Waals surface area (Å²) >= 11 is 1.37. The third-order valence-corrected chi connectivity index (χ3v) is 2.59. The van der Waals surface area contributed by atoms with Gasteiger partial charge < -0.3 is 4.52 Å². The van der Waals surface area contributed by atoms with Gasteiger partial charge in [-0.15, -0.1) is 0 Å². The zero-order chi connectivity index (χ0) is 10.5. The highest BCUT2D eigenvalue weighted by atomic mass is 32.2. The Hall–Kier alpha value is -1.73. The van der Waals surface area contributed by atoms with Crippen molar-refractivity contribution in [3.8, 4) is 17.4 Å². The summed E-state index contributed by atoms with van der Waals surface area (Å²) in [6.07, 6.45) is 0. The molecule has 0 radical (unpaired) electrons. The quantitative estimate of drug-likeness (QED) is 0.740. The minimum atomic E-state index is 0.390. The van der Waals surface area contributed by atoms with E-state index in [9.17, 15) is 0 Å². The molecule has 1 aromatic heterocycles. The van der Waals surface area contributed by atoms with E-state index >= 15 is 0 Å². The zero-order valence-electron chi connectivity index (χ0n) is 7.88. The third kappa shape index (κ3) is 2.39. The normalized spacial score (nSPS) is 9.80. The summed E-state index contributed by atoms with van der Waals surface area (Å²) in [5.41, 5.74) is 0.994. The van der Waals surface area contributed by atoms with Crippen LogP contribution in [-0.4, -0.2) is 10.9 Å². The van der Waals surface area contributed by atoms with Crippen LogP contribution in [0.5, 0.6) is 0 Å². The molecule has 0 amide bonds. The molecule has 0 aliphatic rings. The van der Waals surface area contributed by atoms with Crippen molar-refractivity contribution in [1.29, 1.82) is 5.26 Å². The van der Waals surface area contributed by atoms with Gasteiger partial charge in [-0.25, -0.2) is 0 Å². The standard InChI is InChI=1S/C11H8N2OS/c12-6-7-15-11-8-10(14-13-11)9-4-2-1-3-5-9/h1-5,8H,7H2. The molecule has 0 atom stereocenters. The van der Waals surface area contributed by atoms with Crippen molar-refractivity contribution in [2.24, 2.45) is 0 Å². The lowest BCUT2D eigenvalue weighted by Crippen LogP contribution is -1.71. The first kappa shape index (κ1) is 9.81. The molecule has 2 rings (SSSR count). The highest BCUT2D eigenvalue weighted by Crippen LogP contribution is 2.24. The Bertz CT molecular complexity index is 473. The Kier molecular flexibility index (Phi) is 3.05. The lowest BCUT2D eigenvalue weighted by atomic mass is 10.2. The highest BCUT2D eigenvalue weighted by molar-refractivity contribution is 7.99. The second kappa shape index (κ2) is 4.67. The molecule has 4 heteroatoms. The van der Waals surface area contributed by atoms with Crippen LogP contribution in [0.4, 0.5) is 0 Å². The lowest BCUT2D eigenvalue weighted by molar-refractivity contribution is 0.415. The maximum absolute atomic E-state index is 8.42. The van der Waals surface area contributed by atoms with Crippen LogP contribution < -0.4 is 0 Å². The Balaban J connectivity index is 2.18. The predicted molar refractivity (Wildman–Crippen MR) is 58.3 cm³/mol. The van der Waals surface area contributed by atoms with Crippen LogP contribution in [0.25, 0.3) is 11.3 Å². The number of hydrogen-bond donors (Lipinski definition) is 0. The van der Waals surface area contributed by atoms with Crippen molar-refractivity contribution in [1.82, 2.24) is 5.16 Å². The maximum Gasteiger partial charge on any atom is 0.168 e. The van der Waals surface area contributed by atoms with Crippen LogP contribution in [-0.2, 0) is 0 Å². The SMILES string of the molecule is N#CCSc1cc(-c2ccccc2)on1. The molecule has 0 saturated carbocycles. The van der Waals surface area contributed by atoms with Gasteiger partial charge in [0.15, 0.2) is 5.76 Å². The zero-order valence-corrected chi connectivity index (χ0v) is 8.70. The molecule has 2 aromatic rings. The van der Waals surface area contributed by atoms with Crippen molar-refractivity contribution in [2.75, 3.05) is 5.75 Å². The number of aromatic nitrogens is 1. The lowest BCUT2D eigenvalue weighted by Gasteiger charge is -1.91. The Labute approximate surface area is 91.7 Å². The Morgan fingerprint density at radius 3 is 2.87 bits per heavy atom. The predicted octanol–water partition coefficient (Wildman–Crippen LogP) is 2.96. The molecule has 0 aliphatic heterocycles. The summed E-state index contributed by atoms with van der Waals surface area (Å²) in [5, 5.41) is 13.0. The molecule has 15 heavy (non-hydrogen) atoms. The van der Waals surface area contributed by atoms with Crippen molar-refractivity contribution in [3.05, 3.63) is 36.4 Å². The molecular weight excluding hydrogens is 208 g/mol. The minimum Gasteiger partial charge on any atom is -0.355 e. The molecule has 1 aromatic carbocycles. The van der Waals surface area contributed by atoms with E-state index in [2.05, 4.69) is 5.16 Å². The van der Waals surface area contributed by atoms with Crippen LogP contribution in [0, 0.1) is 11.3 Å². The van der Waals surface area contributed by atoms with Gasteiger partial charge in [0.2, 0.25) is 0 Å². The van der Waals surface area contributed by atoms with E-state index in [0.717, 1.165) is 16.3 Å². The van der Waals surface area contributed by atoms with Gasteiger partial charge in [-0.05, 0) is 0 Å². The summed E-state index contributed by atoms with van der Waals surface area (Å²) in [4.78, 5) is 0. The fraction of sp³-hybridized carbons (Fsp3) is 0.0909. The van der Waals surface area contributed by atoms with E-state index in [1.807, 2.05) is 42.5 Å². The van der Waals surface area contributed by atoms with Crippen LogP contribution in [0.3, 0.4) is 0 Å². The van der Waals surface area contributed by atoms with E-state index in [1.54, 1.807) is 0 Å². The summed E-state index contributed by atoms with van der Waals surface area (Å²) in [5.74, 6) is 1.12. The molecule has 3 nitrogen and oxygen atoms in total. The number of hydrogen-bond acceptors (Lipinski definition) is 4. The van der Waals surface area contributed by atoms with Gasteiger partial charge in [0.25, 0.3) is 0 Å². The first-order chi connectivity index (χ1) is 7.40. The van der Waals surface area contributed by atoms with Crippen molar-refractivity contribution in [2.45, 2.75) is 5.03 Å². The van der Waals surface area contributed by atoms with Crippen LogP contribution in [0.2, 0.25) is 0 Å². The second-order valence-electron chi connectivity index (χ2n) is 2.84. The number of benzene rings is 1. The van der Waals surface area contributed by atoms with Crippen LogP contribution >= 0.6 is 11.8 Å². The smallest absolute Gasteiger partial charge is 0.168 e. The van der Waals surface area contributed by atoms with Crippen molar-refractivity contribution in [3.63, 3.8) is 0 Å². The maximum atomic E-state index is 8.42. The molecule has 1 heterocycles. The highest BCUT2D eigenvalue weighted by Gasteiger charge is 2.05. The molecular formula is C11H8N2OS. The molecule has 0 spiro atoms. The molecule has 0 bridgehead atoms. The average molecular weight is 216 g/mol. The molecule has 74 valence electrons. The second-order valence-corrected chi connectivity index (χ2v) is 3.84. The average Bonchev–Trinajstić information content (AvgIpc) is 2.76. The van der Waals surface area contributed by atoms with E-state index in [0.29, 0.717) is 5.75 Å². The van der Waals surface area contributed by atoms with Gasteiger partial charge in [0.1, 0.15) is 5.03 Å². The van der Waals surface area contributed by atoms with Gasteiger partial charge in [-0.1, -0.05) is 47.3 Å². The topological polar surface area (TPSA) is 49.8 Å². The first-order valence-electron chi connectivity index (χ1n) is 4.42. The summed E-state index contributed by atoms with van der Waals surface area (Å²) in [7, 11) is 0. The van der Waals surface area contributed by atoms with E-state index in [-0.39, 0.29) is 0 Å². The number of thioether (sulfide) groups is 1. The monoisotopic (exact) mass is 216 g/mol. The van der Waals surface area contributed by atoms with Gasteiger partial charge in [-0.2, -0.15) is 5.26 Å². The molecule has 0 unspecified atom stereocenters. The Morgan fingerprint density at radius 2 is 2.13 bits per heavy atom.